The summed E-state index contributed by atoms with van der Waals surface area (Å²) >= 11 is 0. The van der Waals surface area contributed by atoms with Crippen molar-refractivity contribution in [3.63, 3.8) is 0 Å². The molecule has 13 heavy (non-hydrogen) atoms. The Labute approximate surface area is 79.2 Å². The third-order valence-electron chi connectivity index (χ3n) is 1.99. The first-order valence-corrected chi connectivity index (χ1v) is 4.63. The van der Waals surface area contributed by atoms with Gasteiger partial charge in [0.05, 0.1) is 19.3 Å². The van der Waals surface area contributed by atoms with Gasteiger partial charge in [0.1, 0.15) is 0 Å². The van der Waals surface area contributed by atoms with Crippen molar-refractivity contribution in [3.8, 4) is 0 Å². The molecule has 0 aliphatic heterocycles. The summed E-state index contributed by atoms with van der Waals surface area (Å²) in [5.41, 5.74) is 1.15. The zero-order valence-corrected chi connectivity index (χ0v) is 7.94. The van der Waals surface area contributed by atoms with Crippen LogP contribution in [0.15, 0.2) is 30.3 Å². The molecule has 1 aromatic carbocycles. The van der Waals surface area contributed by atoms with Crippen molar-refractivity contribution in [2.75, 3.05) is 6.61 Å². The molecule has 0 fully saturated rings. The van der Waals surface area contributed by atoms with Crippen LogP contribution in [0, 0.1) is 0 Å². The fourth-order valence-electron chi connectivity index (χ4n) is 1.09. The van der Waals surface area contributed by atoms with Gasteiger partial charge in [0.2, 0.25) is 0 Å². The number of aliphatic hydroxyl groups excluding tert-OH is 1. The molecule has 1 rings (SSSR count). The zero-order chi connectivity index (χ0) is 9.52. The molecule has 1 N–H and O–H groups in total. The first-order valence-electron chi connectivity index (χ1n) is 4.63. The molecule has 0 spiro atoms. The average molecular weight is 180 g/mol. The Morgan fingerprint density at radius 2 is 2.00 bits per heavy atom. The van der Waals surface area contributed by atoms with Crippen LogP contribution in [0.25, 0.3) is 0 Å². The predicted octanol–water partition coefficient (Wildman–Crippen LogP) is 1.97. The highest BCUT2D eigenvalue weighted by Gasteiger charge is 2.03. The summed E-state index contributed by atoms with van der Waals surface area (Å²) in [6.07, 6.45) is 0.823. The van der Waals surface area contributed by atoms with Crippen molar-refractivity contribution in [3.05, 3.63) is 35.9 Å². The van der Waals surface area contributed by atoms with Crippen LogP contribution in [0.2, 0.25) is 0 Å². The summed E-state index contributed by atoms with van der Waals surface area (Å²) in [5.74, 6) is 0. The molecular formula is C11H16O2. The third kappa shape index (κ3) is 3.57. The normalized spacial score (nSPS) is 12.8. The summed E-state index contributed by atoms with van der Waals surface area (Å²) in [4.78, 5) is 0. The largest absolute Gasteiger partial charge is 0.394 e. The van der Waals surface area contributed by atoms with Crippen molar-refractivity contribution >= 4 is 0 Å². The van der Waals surface area contributed by atoms with Crippen molar-refractivity contribution in [2.45, 2.75) is 26.1 Å². The lowest BCUT2D eigenvalue weighted by atomic mass is 10.2. The Hall–Kier alpha value is -0.860. The maximum absolute atomic E-state index is 8.88. The van der Waals surface area contributed by atoms with Crippen LogP contribution < -0.4 is 0 Å². The average Bonchev–Trinajstić information content (AvgIpc) is 2.21. The lowest BCUT2D eigenvalue weighted by Gasteiger charge is -2.12. The van der Waals surface area contributed by atoms with Crippen LogP contribution in [0.1, 0.15) is 18.9 Å². The van der Waals surface area contributed by atoms with Crippen LogP contribution >= 0.6 is 0 Å². The number of rotatable bonds is 5. The second kappa shape index (κ2) is 5.73. The quantitative estimate of drug-likeness (QED) is 0.750. The minimum Gasteiger partial charge on any atom is -0.394 e. The first kappa shape index (κ1) is 10.2. The van der Waals surface area contributed by atoms with Crippen molar-refractivity contribution < 1.29 is 9.84 Å². The van der Waals surface area contributed by atoms with Crippen molar-refractivity contribution in [2.24, 2.45) is 0 Å². The van der Waals surface area contributed by atoms with E-state index in [0.717, 1.165) is 12.0 Å². The van der Waals surface area contributed by atoms with Gasteiger partial charge in [-0.1, -0.05) is 37.3 Å². The van der Waals surface area contributed by atoms with Gasteiger partial charge in [0, 0.05) is 0 Å². The molecule has 2 heteroatoms. The van der Waals surface area contributed by atoms with Gasteiger partial charge in [0.25, 0.3) is 0 Å². The fraction of sp³-hybridized carbons (Fsp3) is 0.455. The van der Waals surface area contributed by atoms with E-state index in [1.165, 1.54) is 0 Å². The van der Waals surface area contributed by atoms with Crippen molar-refractivity contribution in [1.82, 2.24) is 0 Å². The van der Waals surface area contributed by atoms with Gasteiger partial charge in [-0.2, -0.15) is 0 Å². The van der Waals surface area contributed by atoms with Gasteiger partial charge in [0.15, 0.2) is 0 Å². The molecule has 0 saturated heterocycles. The summed E-state index contributed by atoms with van der Waals surface area (Å²) in [7, 11) is 0. The van der Waals surface area contributed by atoms with E-state index in [9.17, 15) is 0 Å². The molecule has 0 saturated carbocycles. The van der Waals surface area contributed by atoms with Gasteiger partial charge in [-0.05, 0) is 12.0 Å². The van der Waals surface area contributed by atoms with Crippen LogP contribution in [0.3, 0.4) is 0 Å². The second-order valence-electron chi connectivity index (χ2n) is 3.01. The molecule has 0 amide bonds. The molecule has 72 valence electrons. The third-order valence-corrected chi connectivity index (χ3v) is 1.99. The van der Waals surface area contributed by atoms with Gasteiger partial charge in [-0.15, -0.1) is 0 Å². The van der Waals surface area contributed by atoms with E-state index in [1.807, 2.05) is 37.3 Å². The number of hydrogen-bond donors (Lipinski definition) is 1. The number of ether oxygens (including phenoxy) is 1. The lowest BCUT2D eigenvalue weighted by molar-refractivity contribution is 0.000765. The monoisotopic (exact) mass is 180 g/mol. The highest BCUT2D eigenvalue weighted by Crippen LogP contribution is 2.04. The van der Waals surface area contributed by atoms with Crippen LogP contribution in [-0.4, -0.2) is 17.8 Å². The number of hydrogen-bond acceptors (Lipinski definition) is 2. The Morgan fingerprint density at radius 3 is 2.54 bits per heavy atom. The van der Waals surface area contributed by atoms with Crippen molar-refractivity contribution in [1.29, 1.82) is 0 Å². The van der Waals surface area contributed by atoms with E-state index in [-0.39, 0.29) is 12.7 Å². The lowest BCUT2D eigenvalue weighted by Crippen LogP contribution is -2.15. The minimum atomic E-state index is -0.0276. The van der Waals surface area contributed by atoms with Crippen LogP contribution in [-0.2, 0) is 11.3 Å². The SMILES string of the molecule is CCC(CO)OCc1ccccc1. The summed E-state index contributed by atoms with van der Waals surface area (Å²) in [6.45, 7) is 2.69. The fourth-order valence-corrected chi connectivity index (χ4v) is 1.09. The molecule has 0 aromatic heterocycles. The standard InChI is InChI=1S/C11H16O2/c1-2-11(8-12)13-9-10-6-4-3-5-7-10/h3-7,11-12H,2,8-9H2,1H3. The van der Waals surface area contributed by atoms with E-state index in [4.69, 9.17) is 9.84 Å². The molecule has 0 heterocycles. The summed E-state index contributed by atoms with van der Waals surface area (Å²) in [5, 5.41) is 8.88. The molecule has 0 radical (unpaired) electrons. The smallest absolute Gasteiger partial charge is 0.0807 e. The Kier molecular flexibility index (Phi) is 4.50. The van der Waals surface area contributed by atoms with Gasteiger partial charge < -0.3 is 9.84 Å². The summed E-state index contributed by atoms with van der Waals surface area (Å²) in [6, 6.07) is 9.98. The Balaban J connectivity index is 2.34. The molecule has 0 aliphatic carbocycles. The van der Waals surface area contributed by atoms with E-state index in [0.29, 0.717) is 6.61 Å². The summed E-state index contributed by atoms with van der Waals surface area (Å²) < 4.78 is 5.48. The topological polar surface area (TPSA) is 29.5 Å². The molecule has 2 nitrogen and oxygen atoms in total. The Bertz CT molecular complexity index is 217. The second-order valence-corrected chi connectivity index (χ2v) is 3.01. The van der Waals surface area contributed by atoms with Gasteiger partial charge in [-0.3, -0.25) is 0 Å². The number of aliphatic hydroxyl groups is 1. The molecule has 0 bridgehead atoms. The maximum atomic E-state index is 8.88. The van der Waals surface area contributed by atoms with Crippen LogP contribution in [0.4, 0.5) is 0 Å². The molecule has 1 aromatic rings. The van der Waals surface area contributed by atoms with E-state index in [1.54, 1.807) is 0 Å². The van der Waals surface area contributed by atoms with E-state index >= 15 is 0 Å². The zero-order valence-electron chi connectivity index (χ0n) is 7.94. The Morgan fingerprint density at radius 1 is 1.31 bits per heavy atom. The highest BCUT2D eigenvalue weighted by molar-refractivity contribution is 5.13. The molecule has 0 aliphatic rings. The maximum Gasteiger partial charge on any atom is 0.0807 e. The first-order chi connectivity index (χ1) is 6.36. The highest BCUT2D eigenvalue weighted by atomic mass is 16.5. The van der Waals surface area contributed by atoms with Crippen LogP contribution in [0.5, 0.6) is 0 Å². The molecule has 1 unspecified atom stereocenters. The number of benzene rings is 1. The van der Waals surface area contributed by atoms with Gasteiger partial charge >= 0.3 is 0 Å². The van der Waals surface area contributed by atoms with E-state index < -0.39 is 0 Å². The van der Waals surface area contributed by atoms with E-state index in [2.05, 4.69) is 0 Å². The predicted molar refractivity (Wildman–Crippen MR) is 52.4 cm³/mol. The molecular weight excluding hydrogens is 164 g/mol. The van der Waals surface area contributed by atoms with Gasteiger partial charge in [-0.25, -0.2) is 0 Å². The molecule has 1 atom stereocenters. The minimum absolute atomic E-state index is 0.0276.